The van der Waals surface area contributed by atoms with Crippen molar-refractivity contribution in [3.8, 4) is 0 Å². The van der Waals surface area contributed by atoms with Crippen molar-refractivity contribution in [2.45, 2.75) is 25.9 Å². The molecule has 34 heavy (non-hydrogen) atoms. The van der Waals surface area contributed by atoms with Gasteiger partial charge in [-0.1, -0.05) is 48.3 Å². The Morgan fingerprint density at radius 1 is 1.12 bits per heavy atom. The lowest BCUT2D eigenvalue weighted by molar-refractivity contribution is 0.128. The summed E-state index contributed by atoms with van der Waals surface area (Å²) < 4.78 is 12.1. The van der Waals surface area contributed by atoms with Crippen LogP contribution in [0.5, 0.6) is 0 Å². The first kappa shape index (κ1) is 26.0. The number of fused-ring (bicyclic) bond motifs is 1. The maximum atomic E-state index is 13.4. The molecule has 8 nitrogen and oxygen atoms in total. The number of hydrogen-bond acceptors (Lipinski definition) is 5. The minimum absolute atomic E-state index is 0.180. The molecular formula is C24H28Cl2N4O4. The Morgan fingerprint density at radius 3 is 2.56 bits per heavy atom. The normalized spacial score (nSPS) is 12.0. The quantitative estimate of drug-likeness (QED) is 0.418. The molecule has 0 fully saturated rings. The van der Waals surface area contributed by atoms with Gasteiger partial charge in [0.2, 0.25) is 0 Å². The van der Waals surface area contributed by atoms with Crippen LogP contribution >= 0.6 is 23.2 Å². The summed E-state index contributed by atoms with van der Waals surface area (Å²) in [5.74, 6) is 0.478. The number of carbonyl (C=O) groups is 1. The van der Waals surface area contributed by atoms with Gasteiger partial charge in [-0.2, -0.15) is 0 Å². The first-order valence-electron chi connectivity index (χ1n) is 10.9. The van der Waals surface area contributed by atoms with E-state index >= 15 is 0 Å². The van der Waals surface area contributed by atoms with Crippen molar-refractivity contribution >= 4 is 45.8 Å². The summed E-state index contributed by atoms with van der Waals surface area (Å²) in [7, 11) is 3.14. The maximum absolute atomic E-state index is 13.4. The highest BCUT2D eigenvalue weighted by molar-refractivity contribution is 6.43. The van der Waals surface area contributed by atoms with E-state index in [0.717, 1.165) is 0 Å². The topological polar surface area (TPSA) is 85.7 Å². The van der Waals surface area contributed by atoms with Crippen molar-refractivity contribution in [1.29, 1.82) is 0 Å². The molecule has 0 spiro atoms. The summed E-state index contributed by atoms with van der Waals surface area (Å²) in [4.78, 5) is 33.2. The molecule has 3 aromatic rings. The van der Waals surface area contributed by atoms with Crippen LogP contribution in [-0.4, -0.2) is 54.5 Å². The molecule has 0 aliphatic rings. The number of benzene rings is 2. The molecule has 0 aliphatic heterocycles. The molecule has 1 unspecified atom stereocenters. The van der Waals surface area contributed by atoms with E-state index in [1.807, 2.05) is 13.0 Å². The third-order valence-corrected chi connectivity index (χ3v) is 6.28. The van der Waals surface area contributed by atoms with E-state index < -0.39 is 12.1 Å². The van der Waals surface area contributed by atoms with Gasteiger partial charge in [0.15, 0.2) is 0 Å². The van der Waals surface area contributed by atoms with Gasteiger partial charge in [-0.15, -0.1) is 0 Å². The molecule has 10 heteroatoms. The predicted molar refractivity (Wildman–Crippen MR) is 135 cm³/mol. The van der Waals surface area contributed by atoms with Crippen molar-refractivity contribution in [3.05, 3.63) is 68.7 Å². The lowest BCUT2D eigenvalue weighted by Gasteiger charge is -2.32. The average Bonchev–Trinajstić information content (AvgIpc) is 2.84. The number of methoxy groups -OCH3 is 2. The summed E-state index contributed by atoms with van der Waals surface area (Å²) in [6.07, 6.45) is 0.512. The first-order chi connectivity index (χ1) is 16.4. The van der Waals surface area contributed by atoms with Crippen LogP contribution in [0.4, 0.5) is 10.5 Å². The summed E-state index contributed by atoms with van der Waals surface area (Å²) in [6.45, 7) is 3.13. The summed E-state index contributed by atoms with van der Waals surface area (Å²) >= 11 is 12.4. The van der Waals surface area contributed by atoms with Gasteiger partial charge in [0.05, 0.1) is 52.4 Å². The molecular weight excluding hydrogens is 479 g/mol. The van der Waals surface area contributed by atoms with Gasteiger partial charge in [-0.3, -0.25) is 9.36 Å². The Morgan fingerprint density at radius 2 is 1.85 bits per heavy atom. The van der Waals surface area contributed by atoms with Crippen molar-refractivity contribution in [2.75, 3.05) is 39.3 Å². The van der Waals surface area contributed by atoms with Crippen LogP contribution < -0.4 is 10.9 Å². The third kappa shape index (κ3) is 5.70. The minimum atomic E-state index is -0.512. The number of hydrogen-bond donors (Lipinski definition) is 1. The highest BCUT2D eigenvalue weighted by Gasteiger charge is 2.29. The summed E-state index contributed by atoms with van der Waals surface area (Å²) in [5, 5.41) is 3.93. The van der Waals surface area contributed by atoms with E-state index in [1.54, 1.807) is 60.1 Å². The molecule has 0 aliphatic carbocycles. The number of carbonyl (C=O) groups excluding carboxylic acids is 1. The lowest BCUT2D eigenvalue weighted by Crippen LogP contribution is -2.43. The number of amides is 2. The number of nitrogens with one attached hydrogen (secondary N) is 1. The van der Waals surface area contributed by atoms with E-state index in [4.69, 9.17) is 37.7 Å². The standard InChI is InChI=1S/C24H28Cl2N4O4/c1-4-20(22-27-18-10-6-5-8-16(18)23(31)30(22)13-15-34-3)29(12-14-33-2)24(32)28-19-11-7-9-17(25)21(19)26/h5-11,20H,4,12-15H2,1-3H3,(H,28,32). The predicted octanol–water partition coefficient (Wildman–Crippen LogP) is 4.98. The smallest absolute Gasteiger partial charge is 0.322 e. The minimum Gasteiger partial charge on any atom is -0.383 e. The van der Waals surface area contributed by atoms with Gasteiger partial charge in [-0.05, 0) is 30.7 Å². The molecule has 1 atom stereocenters. The number of nitrogens with zero attached hydrogens (tertiary/aromatic N) is 3. The molecule has 1 N–H and O–H groups in total. The van der Waals surface area contributed by atoms with Crippen molar-refractivity contribution in [1.82, 2.24) is 14.5 Å². The average molecular weight is 507 g/mol. The Bertz CT molecular complexity index is 1200. The fraction of sp³-hybridized carbons (Fsp3) is 0.375. The second-order valence-corrected chi connectivity index (χ2v) is 8.36. The lowest BCUT2D eigenvalue weighted by atomic mass is 10.1. The summed E-state index contributed by atoms with van der Waals surface area (Å²) in [5.41, 5.74) is 0.778. The van der Waals surface area contributed by atoms with Crippen molar-refractivity contribution in [3.63, 3.8) is 0 Å². The van der Waals surface area contributed by atoms with E-state index in [-0.39, 0.29) is 17.1 Å². The number of aromatic nitrogens is 2. The molecule has 1 aromatic heterocycles. The first-order valence-corrected chi connectivity index (χ1v) is 11.7. The van der Waals surface area contributed by atoms with Gasteiger partial charge in [0.1, 0.15) is 5.82 Å². The molecule has 2 amide bonds. The zero-order valence-corrected chi connectivity index (χ0v) is 20.9. The van der Waals surface area contributed by atoms with Gasteiger partial charge in [-0.25, -0.2) is 9.78 Å². The molecule has 182 valence electrons. The highest BCUT2D eigenvalue weighted by atomic mass is 35.5. The Kier molecular flexibility index (Phi) is 9.29. The Labute approximate surface area is 208 Å². The van der Waals surface area contributed by atoms with Crippen molar-refractivity contribution in [2.24, 2.45) is 0 Å². The fourth-order valence-corrected chi connectivity index (χ4v) is 4.10. The zero-order chi connectivity index (χ0) is 24.7. The van der Waals surface area contributed by atoms with Crippen LogP contribution in [0, 0.1) is 0 Å². The number of urea groups is 1. The van der Waals surface area contributed by atoms with E-state index in [1.165, 1.54) is 0 Å². The highest BCUT2D eigenvalue weighted by Crippen LogP contribution is 2.31. The maximum Gasteiger partial charge on any atom is 0.322 e. The molecule has 0 radical (unpaired) electrons. The number of halogens is 2. The van der Waals surface area contributed by atoms with E-state index in [9.17, 15) is 9.59 Å². The Balaban J connectivity index is 2.08. The van der Waals surface area contributed by atoms with Crippen LogP contribution in [0.2, 0.25) is 10.0 Å². The Hall–Kier alpha value is -2.65. The zero-order valence-electron chi connectivity index (χ0n) is 19.4. The van der Waals surface area contributed by atoms with Gasteiger partial charge < -0.3 is 19.7 Å². The van der Waals surface area contributed by atoms with Crippen LogP contribution in [0.15, 0.2) is 47.3 Å². The fourth-order valence-electron chi connectivity index (χ4n) is 3.76. The SMILES string of the molecule is CCC(c1nc2ccccc2c(=O)n1CCOC)N(CCOC)C(=O)Nc1cccc(Cl)c1Cl. The number of rotatable bonds is 10. The molecule has 2 aromatic carbocycles. The molecule has 0 bridgehead atoms. The second kappa shape index (κ2) is 12.2. The van der Waals surface area contributed by atoms with E-state index in [0.29, 0.717) is 53.6 Å². The van der Waals surface area contributed by atoms with E-state index in [2.05, 4.69) is 5.32 Å². The van der Waals surface area contributed by atoms with Crippen molar-refractivity contribution < 1.29 is 14.3 Å². The summed E-state index contributed by atoms with van der Waals surface area (Å²) in [6, 6.07) is 11.3. The monoisotopic (exact) mass is 506 g/mol. The van der Waals surface area contributed by atoms with Gasteiger partial charge in [0, 0.05) is 20.8 Å². The largest absolute Gasteiger partial charge is 0.383 e. The molecule has 3 rings (SSSR count). The molecule has 0 saturated carbocycles. The third-order valence-electron chi connectivity index (χ3n) is 5.46. The second-order valence-electron chi connectivity index (χ2n) is 7.58. The molecule has 0 saturated heterocycles. The van der Waals surface area contributed by atoms with Crippen LogP contribution in [0.25, 0.3) is 10.9 Å². The number of para-hydroxylation sites is 1. The van der Waals surface area contributed by atoms with Gasteiger partial charge >= 0.3 is 6.03 Å². The van der Waals surface area contributed by atoms with Gasteiger partial charge in [0.25, 0.3) is 5.56 Å². The number of ether oxygens (including phenoxy) is 2. The molecule has 1 heterocycles. The van der Waals surface area contributed by atoms with Crippen LogP contribution in [0.1, 0.15) is 25.2 Å². The van der Waals surface area contributed by atoms with Crippen LogP contribution in [0.3, 0.4) is 0 Å². The van der Waals surface area contributed by atoms with Crippen LogP contribution in [-0.2, 0) is 16.0 Å². The number of anilines is 1.